The highest BCUT2D eigenvalue weighted by Crippen LogP contribution is 2.45. The standard InChI is InChI=1S/C24H22Cl4N2O5/c1-10(2)7-14(24(34)35-9-15(31)29-13-8-11(3)5-6-12(13)4)30-22(32)16-17(23(30)33)19(26)21(28)20(27)18(16)25/h5-6,8,10,14H,7,9H2,1-4H3,(H,29,31)/t14-/m0/s1. The number of nitrogens with one attached hydrogen (secondary N) is 1. The summed E-state index contributed by atoms with van der Waals surface area (Å²) < 4.78 is 5.21. The van der Waals surface area contributed by atoms with Gasteiger partial charge in [0.15, 0.2) is 6.61 Å². The summed E-state index contributed by atoms with van der Waals surface area (Å²) in [6, 6.07) is 4.23. The van der Waals surface area contributed by atoms with Crippen LogP contribution in [0.3, 0.4) is 0 Å². The van der Waals surface area contributed by atoms with Crippen molar-refractivity contribution in [2.24, 2.45) is 5.92 Å². The highest BCUT2D eigenvalue weighted by atomic mass is 35.5. The zero-order valence-electron chi connectivity index (χ0n) is 19.3. The summed E-state index contributed by atoms with van der Waals surface area (Å²) in [5, 5.41) is 1.87. The van der Waals surface area contributed by atoms with Gasteiger partial charge in [-0.15, -0.1) is 0 Å². The molecule has 1 aliphatic rings. The molecule has 1 atom stereocenters. The fraction of sp³-hybridized carbons (Fsp3) is 0.333. The predicted octanol–water partition coefficient (Wildman–Crippen LogP) is 6.11. The minimum atomic E-state index is -1.32. The molecule has 2 aromatic rings. The van der Waals surface area contributed by atoms with E-state index >= 15 is 0 Å². The Morgan fingerprint density at radius 3 is 2.00 bits per heavy atom. The van der Waals surface area contributed by atoms with E-state index in [1.54, 1.807) is 19.9 Å². The molecule has 186 valence electrons. The number of halogens is 4. The zero-order valence-corrected chi connectivity index (χ0v) is 22.3. The SMILES string of the molecule is Cc1ccc(C)c(NC(=O)COC(=O)[C@H](CC(C)C)N2C(=O)c3c(Cl)c(Cl)c(Cl)c(Cl)c3C2=O)c1. The van der Waals surface area contributed by atoms with Crippen molar-refractivity contribution >= 4 is 75.8 Å². The summed E-state index contributed by atoms with van der Waals surface area (Å²) in [7, 11) is 0. The number of hydrogen-bond donors (Lipinski definition) is 1. The Morgan fingerprint density at radius 1 is 0.943 bits per heavy atom. The van der Waals surface area contributed by atoms with Gasteiger partial charge in [-0.05, 0) is 43.4 Å². The van der Waals surface area contributed by atoms with Crippen molar-refractivity contribution in [1.29, 1.82) is 0 Å². The zero-order chi connectivity index (χ0) is 26.2. The third-order valence-corrected chi connectivity index (χ3v) is 7.23. The van der Waals surface area contributed by atoms with Crippen LogP contribution in [0.5, 0.6) is 0 Å². The van der Waals surface area contributed by atoms with Crippen LogP contribution in [-0.2, 0) is 14.3 Å². The summed E-state index contributed by atoms with van der Waals surface area (Å²) in [4.78, 5) is 52.6. The number of esters is 1. The van der Waals surface area contributed by atoms with Gasteiger partial charge in [0.25, 0.3) is 17.7 Å². The smallest absolute Gasteiger partial charge is 0.329 e. The molecule has 0 radical (unpaired) electrons. The molecule has 1 aliphatic heterocycles. The van der Waals surface area contributed by atoms with Crippen LogP contribution in [-0.4, -0.2) is 41.2 Å². The summed E-state index contributed by atoms with van der Waals surface area (Å²) in [5.74, 6) is -3.30. The number of aryl methyl sites for hydroxylation is 2. The lowest BCUT2D eigenvalue weighted by Gasteiger charge is -2.26. The van der Waals surface area contributed by atoms with Crippen LogP contribution in [0.2, 0.25) is 20.1 Å². The number of anilines is 1. The molecular weight excluding hydrogens is 538 g/mol. The minimum Gasteiger partial charge on any atom is -0.454 e. The molecule has 0 unspecified atom stereocenters. The Kier molecular flexibility index (Phi) is 8.37. The van der Waals surface area contributed by atoms with Gasteiger partial charge in [0.05, 0.1) is 31.2 Å². The van der Waals surface area contributed by atoms with E-state index in [0.29, 0.717) is 5.69 Å². The lowest BCUT2D eigenvalue weighted by Crippen LogP contribution is -2.47. The van der Waals surface area contributed by atoms with E-state index in [4.69, 9.17) is 51.1 Å². The summed E-state index contributed by atoms with van der Waals surface area (Å²) in [6.07, 6.45) is 0.0829. The van der Waals surface area contributed by atoms with Crippen molar-refractivity contribution in [3.8, 4) is 0 Å². The van der Waals surface area contributed by atoms with E-state index < -0.39 is 36.3 Å². The van der Waals surface area contributed by atoms with Crippen LogP contribution in [0.4, 0.5) is 5.69 Å². The van der Waals surface area contributed by atoms with E-state index in [2.05, 4.69) is 5.32 Å². The quantitative estimate of drug-likeness (QED) is 0.191. The van der Waals surface area contributed by atoms with Crippen molar-refractivity contribution in [1.82, 2.24) is 4.90 Å². The maximum absolute atomic E-state index is 13.2. The van der Waals surface area contributed by atoms with Gasteiger partial charge in [0.2, 0.25) is 0 Å². The predicted molar refractivity (Wildman–Crippen MR) is 136 cm³/mol. The molecule has 2 aromatic carbocycles. The third kappa shape index (κ3) is 5.43. The molecule has 1 N–H and O–H groups in total. The maximum Gasteiger partial charge on any atom is 0.329 e. The van der Waals surface area contributed by atoms with Crippen LogP contribution in [0, 0.1) is 19.8 Å². The number of ether oxygens (including phenoxy) is 1. The maximum atomic E-state index is 13.2. The number of benzene rings is 2. The molecule has 3 rings (SSSR count). The van der Waals surface area contributed by atoms with Gasteiger partial charge in [-0.1, -0.05) is 72.4 Å². The molecule has 0 aromatic heterocycles. The van der Waals surface area contributed by atoms with Crippen LogP contribution < -0.4 is 5.32 Å². The first-order valence-corrected chi connectivity index (χ1v) is 12.1. The van der Waals surface area contributed by atoms with E-state index in [-0.39, 0.29) is 43.6 Å². The minimum absolute atomic E-state index is 0.0829. The molecule has 11 heteroatoms. The van der Waals surface area contributed by atoms with Gasteiger partial charge in [0, 0.05) is 5.69 Å². The lowest BCUT2D eigenvalue weighted by atomic mass is 10.0. The summed E-state index contributed by atoms with van der Waals surface area (Å²) in [5.41, 5.74) is 1.91. The van der Waals surface area contributed by atoms with Crippen LogP contribution in [0.15, 0.2) is 18.2 Å². The Hall–Kier alpha value is -2.32. The van der Waals surface area contributed by atoms with Crippen molar-refractivity contribution < 1.29 is 23.9 Å². The number of fused-ring (bicyclic) bond motifs is 1. The summed E-state index contributed by atoms with van der Waals surface area (Å²) >= 11 is 24.5. The first kappa shape index (κ1) is 27.3. The second-order valence-corrected chi connectivity index (χ2v) is 10.1. The summed E-state index contributed by atoms with van der Waals surface area (Å²) in [6.45, 7) is 6.71. The number of imide groups is 1. The van der Waals surface area contributed by atoms with Gasteiger partial charge in [-0.2, -0.15) is 0 Å². The highest BCUT2D eigenvalue weighted by Gasteiger charge is 2.47. The molecule has 0 saturated carbocycles. The molecule has 0 saturated heterocycles. The molecule has 35 heavy (non-hydrogen) atoms. The van der Waals surface area contributed by atoms with Crippen molar-refractivity contribution in [2.75, 3.05) is 11.9 Å². The van der Waals surface area contributed by atoms with Crippen LogP contribution >= 0.6 is 46.4 Å². The van der Waals surface area contributed by atoms with E-state index in [0.717, 1.165) is 16.0 Å². The first-order chi connectivity index (χ1) is 16.3. The monoisotopic (exact) mass is 558 g/mol. The van der Waals surface area contributed by atoms with Crippen molar-refractivity contribution in [3.05, 3.63) is 60.5 Å². The number of carbonyl (C=O) groups is 4. The third-order valence-electron chi connectivity index (χ3n) is 5.42. The van der Waals surface area contributed by atoms with Gasteiger partial charge in [-0.3, -0.25) is 19.3 Å². The second-order valence-electron chi connectivity index (χ2n) is 8.61. The van der Waals surface area contributed by atoms with Crippen molar-refractivity contribution in [3.63, 3.8) is 0 Å². The number of amides is 3. The fourth-order valence-electron chi connectivity index (χ4n) is 3.69. The molecule has 0 aliphatic carbocycles. The molecule has 1 heterocycles. The fourth-order valence-corrected chi connectivity index (χ4v) is 4.71. The Morgan fingerprint density at radius 2 is 1.49 bits per heavy atom. The first-order valence-electron chi connectivity index (χ1n) is 10.6. The van der Waals surface area contributed by atoms with Gasteiger partial charge in [0.1, 0.15) is 6.04 Å². The Labute approximate surface area is 222 Å². The largest absolute Gasteiger partial charge is 0.454 e. The Balaban J connectivity index is 1.83. The normalized spacial score (nSPS) is 13.8. The van der Waals surface area contributed by atoms with E-state index in [9.17, 15) is 19.2 Å². The molecule has 0 bridgehead atoms. The molecule has 7 nitrogen and oxygen atoms in total. The number of rotatable bonds is 7. The van der Waals surface area contributed by atoms with Gasteiger partial charge < -0.3 is 10.1 Å². The topological polar surface area (TPSA) is 92.8 Å². The number of hydrogen-bond acceptors (Lipinski definition) is 5. The molecule has 3 amide bonds. The number of carbonyl (C=O) groups excluding carboxylic acids is 4. The van der Waals surface area contributed by atoms with Gasteiger partial charge in [-0.25, -0.2) is 4.79 Å². The van der Waals surface area contributed by atoms with Crippen LogP contribution in [0.1, 0.15) is 52.1 Å². The highest BCUT2D eigenvalue weighted by molar-refractivity contribution is 6.55. The molecular formula is C24H22Cl4N2O5. The average molecular weight is 560 g/mol. The van der Waals surface area contributed by atoms with Gasteiger partial charge >= 0.3 is 5.97 Å². The Bertz CT molecular complexity index is 1200. The average Bonchev–Trinajstić information content (AvgIpc) is 3.05. The number of nitrogens with zero attached hydrogens (tertiary/aromatic N) is 1. The molecule has 0 spiro atoms. The molecule has 0 fully saturated rings. The van der Waals surface area contributed by atoms with E-state index in [1.165, 1.54) is 0 Å². The van der Waals surface area contributed by atoms with E-state index in [1.807, 2.05) is 26.0 Å². The van der Waals surface area contributed by atoms with Crippen LogP contribution in [0.25, 0.3) is 0 Å². The lowest BCUT2D eigenvalue weighted by molar-refractivity contribution is -0.151. The van der Waals surface area contributed by atoms with Crippen molar-refractivity contribution in [2.45, 2.75) is 40.2 Å². The second kappa shape index (κ2) is 10.7.